The van der Waals surface area contributed by atoms with Crippen LogP contribution < -0.4 is 0 Å². The van der Waals surface area contributed by atoms with Gasteiger partial charge in [0.2, 0.25) is 11.5 Å². The molecule has 0 aromatic rings. The minimum Gasteiger partial charge on any atom is -0.501 e. The molecule has 26 heavy (non-hydrogen) atoms. The molecule has 6 nitrogen and oxygen atoms in total. The summed E-state index contributed by atoms with van der Waals surface area (Å²) in [7, 11) is 6.62. The number of halogens is 1. The normalized spacial score (nSPS) is 42.2. The van der Waals surface area contributed by atoms with Crippen molar-refractivity contribution in [2.45, 2.75) is 36.6 Å². The van der Waals surface area contributed by atoms with Crippen molar-refractivity contribution >= 4 is 23.2 Å². The van der Waals surface area contributed by atoms with Crippen molar-refractivity contribution in [1.29, 1.82) is 0 Å². The topological polar surface area (TPSA) is 65.1 Å². The zero-order valence-electron chi connectivity index (χ0n) is 15.6. The number of hydrogen-bond acceptors (Lipinski definition) is 6. The molecule has 0 unspecified atom stereocenters. The van der Waals surface area contributed by atoms with E-state index in [0.29, 0.717) is 30.8 Å². The van der Waals surface area contributed by atoms with Gasteiger partial charge in [-0.2, -0.15) is 0 Å². The Morgan fingerprint density at radius 2 is 1.88 bits per heavy atom. The van der Waals surface area contributed by atoms with Crippen molar-refractivity contribution in [2.75, 3.05) is 34.9 Å². The lowest BCUT2D eigenvalue weighted by atomic mass is 9.53. The number of carbonyl (C=O) groups excluding carboxylic acids is 2. The summed E-state index contributed by atoms with van der Waals surface area (Å²) < 4.78 is 16.6. The second-order valence-corrected chi connectivity index (χ2v) is 8.31. The lowest BCUT2D eigenvalue weighted by molar-refractivity contribution is -0.139. The van der Waals surface area contributed by atoms with Crippen LogP contribution in [0.15, 0.2) is 23.4 Å². The van der Waals surface area contributed by atoms with E-state index in [9.17, 15) is 9.59 Å². The minimum atomic E-state index is -0.858. The summed E-state index contributed by atoms with van der Waals surface area (Å²) in [6, 6.07) is 0. The Bertz CT molecular complexity index is 761. The van der Waals surface area contributed by atoms with Gasteiger partial charge in [-0.05, 0) is 26.4 Å². The molecule has 0 bridgehead atoms. The molecule has 1 aliphatic heterocycles. The summed E-state index contributed by atoms with van der Waals surface area (Å²) in [6.07, 6.45) is 3.46. The zero-order chi connectivity index (χ0) is 18.9. The third kappa shape index (κ3) is 1.64. The Kier molecular flexibility index (Phi) is 3.77. The highest BCUT2D eigenvalue weighted by molar-refractivity contribution is 6.25. The van der Waals surface area contributed by atoms with Gasteiger partial charge in [0.25, 0.3) is 0 Å². The fraction of sp³-hybridized carbons (Fsp3) is 0.684. The molecule has 2 fully saturated rings. The fourth-order valence-corrected chi connectivity index (χ4v) is 6.92. The van der Waals surface area contributed by atoms with E-state index in [4.69, 9.17) is 25.8 Å². The molecule has 142 valence electrons. The smallest absolute Gasteiger partial charge is 0.201 e. The third-order valence-electron chi connectivity index (χ3n) is 7.33. The molecule has 4 rings (SSSR count). The second kappa shape index (κ2) is 5.49. The van der Waals surface area contributed by atoms with Gasteiger partial charge in [-0.25, -0.2) is 0 Å². The molecule has 1 spiro atoms. The Balaban J connectivity index is 2.00. The third-order valence-corrected chi connectivity index (χ3v) is 7.86. The number of alkyl halides is 1. The fourth-order valence-electron chi connectivity index (χ4n) is 6.30. The van der Waals surface area contributed by atoms with Gasteiger partial charge in [0.1, 0.15) is 5.76 Å². The Hall–Kier alpha value is -1.53. The highest BCUT2D eigenvalue weighted by atomic mass is 35.5. The number of hydrogen-bond donors (Lipinski definition) is 0. The monoisotopic (exact) mass is 381 g/mol. The first-order valence-electron chi connectivity index (χ1n) is 8.85. The number of Topliss-reactive ketones (excluding diaryl/α,β-unsaturated/α-hetero) is 1. The summed E-state index contributed by atoms with van der Waals surface area (Å²) in [6.45, 7) is 0.762. The van der Waals surface area contributed by atoms with Gasteiger partial charge in [-0.15, -0.1) is 11.6 Å². The van der Waals surface area contributed by atoms with E-state index in [1.807, 2.05) is 7.05 Å². The second-order valence-electron chi connectivity index (χ2n) is 7.78. The molecular formula is C19H24ClNO5. The van der Waals surface area contributed by atoms with Crippen molar-refractivity contribution in [3.8, 4) is 0 Å². The molecule has 0 radical (unpaired) electrons. The molecule has 4 atom stereocenters. The zero-order valence-corrected chi connectivity index (χ0v) is 16.3. The summed E-state index contributed by atoms with van der Waals surface area (Å²) in [4.78, 5) is 28.5. The average molecular weight is 382 g/mol. The number of allylic oxidation sites excluding steroid dienone is 3. The first-order valence-corrected chi connectivity index (χ1v) is 9.28. The van der Waals surface area contributed by atoms with Crippen molar-refractivity contribution in [1.82, 2.24) is 4.90 Å². The van der Waals surface area contributed by atoms with Crippen molar-refractivity contribution in [2.24, 2.45) is 10.8 Å². The van der Waals surface area contributed by atoms with Crippen LogP contribution in [-0.2, 0) is 23.8 Å². The first kappa shape index (κ1) is 17.9. The lowest BCUT2D eigenvalue weighted by Gasteiger charge is -2.52. The van der Waals surface area contributed by atoms with Crippen LogP contribution in [0.2, 0.25) is 0 Å². The largest absolute Gasteiger partial charge is 0.501 e. The van der Waals surface area contributed by atoms with E-state index in [1.54, 1.807) is 20.3 Å². The maximum absolute atomic E-state index is 13.3. The van der Waals surface area contributed by atoms with Gasteiger partial charge in [-0.1, -0.05) is 0 Å². The van der Waals surface area contributed by atoms with Crippen LogP contribution >= 0.6 is 11.6 Å². The average Bonchev–Trinajstić information content (AvgIpc) is 3.18. The quantitative estimate of drug-likeness (QED) is 0.697. The molecule has 4 aliphatic rings. The van der Waals surface area contributed by atoms with Crippen LogP contribution in [0, 0.1) is 10.8 Å². The van der Waals surface area contributed by atoms with Crippen molar-refractivity contribution in [3.63, 3.8) is 0 Å². The number of ketones is 2. The number of nitrogens with zero attached hydrogens (tertiary/aromatic N) is 1. The van der Waals surface area contributed by atoms with Gasteiger partial charge < -0.3 is 14.2 Å². The van der Waals surface area contributed by atoms with Crippen LogP contribution in [0.5, 0.6) is 0 Å². The van der Waals surface area contributed by atoms with E-state index in [2.05, 4.69) is 4.90 Å². The van der Waals surface area contributed by atoms with Crippen LogP contribution in [-0.4, -0.2) is 62.3 Å². The van der Waals surface area contributed by atoms with Crippen LogP contribution in [0.25, 0.3) is 0 Å². The van der Waals surface area contributed by atoms with E-state index < -0.39 is 21.7 Å². The summed E-state index contributed by atoms with van der Waals surface area (Å²) in [5.74, 6) is 1.24. The van der Waals surface area contributed by atoms with Gasteiger partial charge in [0, 0.05) is 29.7 Å². The van der Waals surface area contributed by atoms with Crippen molar-refractivity contribution in [3.05, 3.63) is 23.4 Å². The van der Waals surface area contributed by atoms with Gasteiger partial charge in [0.05, 0.1) is 32.3 Å². The number of likely N-dealkylation sites (N-methyl/N-ethyl adjacent to an activating group) is 1. The summed E-state index contributed by atoms with van der Waals surface area (Å²) >= 11 is 6.92. The first-order chi connectivity index (χ1) is 12.3. The molecule has 1 saturated heterocycles. The molecule has 0 aromatic carbocycles. The molecule has 1 saturated carbocycles. The number of methoxy groups -OCH3 is 3. The molecule has 3 aliphatic carbocycles. The molecule has 0 N–H and O–H groups in total. The van der Waals surface area contributed by atoms with Crippen LogP contribution in [0.1, 0.15) is 25.7 Å². The molecule has 0 aromatic heterocycles. The van der Waals surface area contributed by atoms with Gasteiger partial charge >= 0.3 is 0 Å². The molecule has 0 amide bonds. The van der Waals surface area contributed by atoms with Crippen LogP contribution in [0.3, 0.4) is 0 Å². The number of likely N-dealkylation sites (tertiary alicyclic amines) is 1. The molecular weight excluding hydrogens is 358 g/mol. The summed E-state index contributed by atoms with van der Waals surface area (Å²) in [5.41, 5.74) is -2.11. The molecule has 7 heteroatoms. The Labute approximate surface area is 158 Å². The van der Waals surface area contributed by atoms with Crippen LogP contribution in [0.4, 0.5) is 0 Å². The maximum Gasteiger partial charge on any atom is 0.201 e. The Morgan fingerprint density at radius 1 is 1.15 bits per heavy atom. The predicted molar refractivity (Wildman–Crippen MR) is 94.5 cm³/mol. The SMILES string of the molecule is COC1=CC(=O)[C@@]2(C1)[C@@H](Cl)C[C@]13C(OC)=C(OC)C(=O)C[C@]21CCN3C. The number of rotatable bonds is 3. The maximum atomic E-state index is 13.3. The van der Waals surface area contributed by atoms with E-state index in [-0.39, 0.29) is 23.7 Å². The summed E-state index contributed by atoms with van der Waals surface area (Å²) in [5, 5.41) is -0.421. The standard InChI is InChI=1S/C19H24ClNO5/c1-21-6-5-17-9-12(22)15(25-3)16(26-4)19(17,21)10-13(20)18(17)8-11(24-2)7-14(18)23/h7,13H,5-6,8-10H2,1-4H3/t13-,17+,18+,19-/m0/s1. The highest BCUT2D eigenvalue weighted by Crippen LogP contribution is 2.74. The number of carbonyl (C=O) groups is 2. The minimum absolute atomic E-state index is 0.0318. The van der Waals surface area contributed by atoms with Gasteiger partial charge in [-0.3, -0.25) is 14.5 Å². The Morgan fingerprint density at radius 3 is 2.46 bits per heavy atom. The van der Waals surface area contributed by atoms with E-state index >= 15 is 0 Å². The van der Waals surface area contributed by atoms with E-state index in [0.717, 1.165) is 6.54 Å². The van der Waals surface area contributed by atoms with Gasteiger partial charge in [0.15, 0.2) is 11.5 Å². The number of ether oxygens (including phenoxy) is 3. The van der Waals surface area contributed by atoms with Crippen molar-refractivity contribution < 1.29 is 23.8 Å². The predicted octanol–water partition coefficient (Wildman–Crippen LogP) is 2.02. The van der Waals surface area contributed by atoms with E-state index in [1.165, 1.54) is 7.11 Å². The highest BCUT2D eigenvalue weighted by Gasteiger charge is 2.81. The molecule has 1 heterocycles. The lowest BCUT2D eigenvalue weighted by Crippen LogP contribution is -2.60.